The quantitative estimate of drug-likeness (QED) is 0.431. The Balaban J connectivity index is 6.40. The van der Waals surface area contributed by atoms with Gasteiger partial charge in [-0.2, -0.15) is 65.9 Å². The monoisotopic (exact) mass is 427 g/mol. The summed E-state index contributed by atoms with van der Waals surface area (Å²) in [5, 5.41) is 0. The number of hydrogen-bond acceptors (Lipinski definition) is 1. The standard InChI is InChI=1S/C8H2F15OSi/c9-2(10,1-24-25)3(11,12)4(13,14)5(15,16)6(17,18)7(19,20)8(21,22)23/h1H2. The van der Waals surface area contributed by atoms with Gasteiger partial charge in [-0.3, -0.25) is 0 Å². The summed E-state index contributed by atoms with van der Waals surface area (Å²) in [6.45, 7) is -2.86. The summed E-state index contributed by atoms with van der Waals surface area (Å²) < 4.78 is 192. The van der Waals surface area contributed by atoms with Crippen LogP contribution in [0.1, 0.15) is 0 Å². The van der Waals surface area contributed by atoms with E-state index in [1.807, 2.05) is 0 Å². The molecule has 0 aliphatic heterocycles. The number of hydrogen-bond donors (Lipinski definition) is 0. The lowest BCUT2D eigenvalue weighted by Crippen LogP contribution is -2.73. The largest absolute Gasteiger partial charge is 0.460 e. The Morgan fingerprint density at radius 3 is 1.04 bits per heavy atom. The maximum Gasteiger partial charge on any atom is 0.460 e. The third kappa shape index (κ3) is 3.16. The first-order valence-electron chi connectivity index (χ1n) is 5.18. The highest BCUT2D eigenvalue weighted by Gasteiger charge is 2.93. The molecule has 0 atom stereocenters. The second kappa shape index (κ2) is 6.09. The van der Waals surface area contributed by atoms with E-state index in [-0.39, 0.29) is 0 Å². The van der Waals surface area contributed by atoms with Crippen LogP contribution in [0.4, 0.5) is 65.9 Å². The molecule has 0 aliphatic rings. The molecule has 25 heavy (non-hydrogen) atoms. The van der Waals surface area contributed by atoms with E-state index in [4.69, 9.17) is 0 Å². The zero-order valence-electron chi connectivity index (χ0n) is 10.8. The molecule has 0 aliphatic carbocycles. The molecule has 0 rings (SSSR count). The van der Waals surface area contributed by atoms with Crippen LogP contribution in [-0.4, -0.2) is 58.8 Å². The van der Waals surface area contributed by atoms with Crippen LogP contribution in [0.2, 0.25) is 0 Å². The molecular weight excluding hydrogens is 425 g/mol. The van der Waals surface area contributed by atoms with Crippen molar-refractivity contribution in [3.8, 4) is 0 Å². The third-order valence-corrected chi connectivity index (χ3v) is 2.79. The summed E-state index contributed by atoms with van der Waals surface area (Å²) in [7, 11) is 1.58. The van der Waals surface area contributed by atoms with Crippen molar-refractivity contribution in [2.75, 3.05) is 6.61 Å². The van der Waals surface area contributed by atoms with E-state index < -0.39 is 48.3 Å². The van der Waals surface area contributed by atoms with Gasteiger partial charge in [-0.25, -0.2) is 0 Å². The van der Waals surface area contributed by atoms with Crippen molar-refractivity contribution in [1.82, 2.24) is 0 Å². The zero-order valence-corrected chi connectivity index (χ0v) is 11.8. The zero-order chi connectivity index (χ0) is 20.9. The molecule has 0 aromatic heterocycles. The summed E-state index contributed by atoms with van der Waals surface area (Å²) in [5.41, 5.74) is 0. The average molecular weight is 427 g/mol. The summed E-state index contributed by atoms with van der Waals surface area (Å²) in [4.78, 5) is 0. The van der Waals surface area contributed by atoms with Gasteiger partial charge in [-0.15, -0.1) is 0 Å². The Hall–Kier alpha value is -0.873. The minimum absolute atomic E-state index is 1.58. The first-order chi connectivity index (χ1) is 10.6. The van der Waals surface area contributed by atoms with Gasteiger partial charge < -0.3 is 4.43 Å². The molecule has 149 valence electrons. The van der Waals surface area contributed by atoms with Gasteiger partial charge in [0.05, 0.1) is 0 Å². The van der Waals surface area contributed by atoms with Crippen molar-refractivity contribution in [3.63, 3.8) is 0 Å². The molecule has 0 spiro atoms. The van der Waals surface area contributed by atoms with Gasteiger partial charge in [-0.1, -0.05) is 0 Å². The molecule has 0 aromatic rings. The molecule has 0 saturated heterocycles. The molecule has 0 aromatic carbocycles. The van der Waals surface area contributed by atoms with Gasteiger partial charge in [-0.05, 0) is 0 Å². The molecule has 0 saturated carbocycles. The van der Waals surface area contributed by atoms with Crippen LogP contribution in [0.15, 0.2) is 0 Å². The predicted molar refractivity (Wildman–Crippen MR) is 47.4 cm³/mol. The van der Waals surface area contributed by atoms with Crippen LogP contribution < -0.4 is 0 Å². The Bertz CT molecular complexity index is 480. The second-order valence-electron chi connectivity index (χ2n) is 4.36. The van der Waals surface area contributed by atoms with E-state index in [2.05, 4.69) is 4.43 Å². The number of rotatable bonds is 7. The molecule has 17 heteroatoms. The minimum Gasteiger partial charge on any atom is -0.412 e. The van der Waals surface area contributed by atoms with Crippen LogP contribution in [-0.2, 0) is 4.43 Å². The first-order valence-corrected chi connectivity index (χ1v) is 5.59. The van der Waals surface area contributed by atoms with Gasteiger partial charge in [0.15, 0.2) is 0 Å². The van der Waals surface area contributed by atoms with Crippen LogP contribution >= 0.6 is 0 Å². The van der Waals surface area contributed by atoms with E-state index in [0.29, 0.717) is 0 Å². The SMILES string of the molecule is FC(F)(F)C(F)(F)C(F)(F)C(F)(F)C(F)(F)C(F)(F)C(F)(F)CO[Si]. The Labute approximate surface area is 130 Å². The fourth-order valence-electron chi connectivity index (χ4n) is 1.18. The van der Waals surface area contributed by atoms with E-state index >= 15 is 0 Å². The van der Waals surface area contributed by atoms with Gasteiger partial charge in [0, 0.05) is 0 Å². The smallest absolute Gasteiger partial charge is 0.412 e. The lowest BCUT2D eigenvalue weighted by atomic mass is 9.91. The van der Waals surface area contributed by atoms with Crippen LogP contribution in [0, 0.1) is 0 Å². The average Bonchev–Trinajstić information content (AvgIpc) is 2.35. The van der Waals surface area contributed by atoms with Crippen molar-refractivity contribution in [2.45, 2.75) is 41.7 Å². The van der Waals surface area contributed by atoms with Gasteiger partial charge in [0.25, 0.3) is 0 Å². The third-order valence-electron chi connectivity index (χ3n) is 2.65. The van der Waals surface area contributed by atoms with Gasteiger partial charge in [0.2, 0.25) is 10.5 Å². The highest BCUT2D eigenvalue weighted by molar-refractivity contribution is 5.97. The highest BCUT2D eigenvalue weighted by Crippen LogP contribution is 2.62. The lowest BCUT2D eigenvalue weighted by molar-refractivity contribution is -0.453. The van der Waals surface area contributed by atoms with Crippen molar-refractivity contribution in [1.29, 1.82) is 0 Å². The van der Waals surface area contributed by atoms with Crippen molar-refractivity contribution in [2.24, 2.45) is 0 Å². The molecule has 0 amide bonds. The van der Waals surface area contributed by atoms with E-state index in [9.17, 15) is 65.9 Å². The minimum atomic E-state index is -8.27. The van der Waals surface area contributed by atoms with Crippen LogP contribution in [0.5, 0.6) is 0 Å². The van der Waals surface area contributed by atoms with Crippen molar-refractivity contribution >= 4 is 10.5 Å². The van der Waals surface area contributed by atoms with Crippen LogP contribution in [0.25, 0.3) is 0 Å². The van der Waals surface area contributed by atoms with Crippen LogP contribution in [0.3, 0.4) is 0 Å². The molecule has 0 bridgehead atoms. The van der Waals surface area contributed by atoms with Crippen molar-refractivity contribution < 1.29 is 70.3 Å². The Morgan fingerprint density at radius 2 is 0.760 bits per heavy atom. The normalized spacial score (nSPS) is 16.3. The molecule has 0 unspecified atom stereocenters. The second-order valence-corrected chi connectivity index (χ2v) is 4.65. The lowest BCUT2D eigenvalue weighted by Gasteiger charge is -2.41. The molecule has 1 nitrogen and oxygen atoms in total. The molecule has 3 radical (unpaired) electrons. The molecule has 0 fully saturated rings. The van der Waals surface area contributed by atoms with Gasteiger partial charge in [0.1, 0.15) is 6.61 Å². The fraction of sp³-hybridized carbons (Fsp3) is 1.00. The summed E-state index contributed by atoms with van der Waals surface area (Å²) in [5.74, 6) is -46.4. The van der Waals surface area contributed by atoms with Crippen molar-refractivity contribution in [3.05, 3.63) is 0 Å². The fourth-order valence-corrected chi connectivity index (χ4v) is 1.36. The maximum absolute atomic E-state index is 13.0. The Kier molecular flexibility index (Phi) is 5.88. The van der Waals surface area contributed by atoms with E-state index in [1.54, 1.807) is 10.5 Å². The predicted octanol–water partition coefficient (Wildman–Crippen LogP) is 4.46. The Morgan fingerprint density at radius 1 is 0.480 bits per heavy atom. The number of halogens is 15. The first kappa shape index (κ1) is 24.1. The van der Waals surface area contributed by atoms with E-state index in [1.165, 1.54) is 0 Å². The highest BCUT2D eigenvalue weighted by atomic mass is 28.2. The topological polar surface area (TPSA) is 9.23 Å². The number of alkyl halides is 15. The molecule has 0 heterocycles. The van der Waals surface area contributed by atoms with Gasteiger partial charge >= 0.3 is 41.7 Å². The summed E-state index contributed by atoms with van der Waals surface area (Å²) in [6.07, 6.45) is -7.60. The van der Waals surface area contributed by atoms with E-state index in [0.717, 1.165) is 0 Å². The summed E-state index contributed by atoms with van der Waals surface area (Å²) in [6, 6.07) is 0. The molecule has 0 N–H and O–H groups in total. The maximum atomic E-state index is 13.0. The summed E-state index contributed by atoms with van der Waals surface area (Å²) >= 11 is 0. The molecular formula is C8H2F15OSi.